The first-order valence-electron chi connectivity index (χ1n) is 7.16. The van der Waals surface area contributed by atoms with Gasteiger partial charge in [-0.05, 0) is 27.7 Å². The lowest BCUT2D eigenvalue weighted by atomic mass is 9.86. The molecular weight excluding hydrogens is 276 g/mol. The smallest absolute Gasteiger partial charge is 0.190 e. The molecule has 3 heterocycles. The molecule has 118 valence electrons. The number of hydrogen-bond donors (Lipinski definition) is 1. The second-order valence-electron chi connectivity index (χ2n) is 6.72. The van der Waals surface area contributed by atoms with Crippen LogP contribution >= 0.6 is 0 Å². The average Bonchev–Trinajstić information content (AvgIpc) is 2.92. The van der Waals surface area contributed by atoms with Gasteiger partial charge >= 0.3 is 0 Å². The first-order chi connectivity index (χ1) is 9.67. The number of aliphatic hydroxyl groups is 1. The van der Waals surface area contributed by atoms with Crippen LogP contribution in [-0.2, 0) is 23.7 Å². The molecule has 0 aliphatic carbocycles. The van der Waals surface area contributed by atoms with Gasteiger partial charge in [0.15, 0.2) is 17.9 Å². The van der Waals surface area contributed by atoms with Gasteiger partial charge < -0.3 is 28.8 Å². The molecule has 0 radical (unpaired) electrons. The highest BCUT2D eigenvalue weighted by atomic mass is 16.8. The SMILES string of the molecule is C#CC[C@@]1(O)[C@@H]([C@H]2COC(C)(C)O2)O[C@@H]2OC(C)(C)O[C@@H]21. The van der Waals surface area contributed by atoms with Gasteiger partial charge in [0.05, 0.1) is 6.61 Å². The molecule has 6 heteroatoms. The van der Waals surface area contributed by atoms with Crippen molar-refractivity contribution in [2.75, 3.05) is 6.61 Å². The largest absolute Gasteiger partial charge is 0.383 e. The lowest BCUT2D eigenvalue weighted by molar-refractivity contribution is -0.247. The minimum atomic E-state index is -1.36. The molecule has 0 aromatic carbocycles. The van der Waals surface area contributed by atoms with Crippen molar-refractivity contribution in [1.82, 2.24) is 0 Å². The van der Waals surface area contributed by atoms with Gasteiger partial charge in [-0.25, -0.2) is 0 Å². The van der Waals surface area contributed by atoms with Gasteiger partial charge in [-0.3, -0.25) is 0 Å². The van der Waals surface area contributed by atoms with Crippen molar-refractivity contribution in [3.8, 4) is 12.3 Å². The molecule has 1 N–H and O–H groups in total. The molecule has 3 aliphatic heterocycles. The fourth-order valence-electron chi connectivity index (χ4n) is 3.23. The van der Waals surface area contributed by atoms with E-state index >= 15 is 0 Å². The molecule has 6 nitrogen and oxygen atoms in total. The van der Waals surface area contributed by atoms with Crippen molar-refractivity contribution in [2.45, 2.75) is 75.9 Å². The van der Waals surface area contributed by atoms with Crippen LogP contribution in [0.1, 0.15) is 34.1 Å². The third-order valence-corrected chi connectivity index (χ3v) is 4.08. The molecule has 0 saturated carbocycles. The lowest BCUT2D eigenvalue weighted by Gasteiger charge is -2.34. The van der Waals surface area contributed by atoms with Gasteiger partial charge in [-0.1, -0.05) is 0 Å². The van der Waals surface area contributed by atoms with Crippen LogP contribution in [0.25, 0.3) is 0 Å². The molecule has 3 fully saturated rings. The Hall–Kier alpha value is -0.680. The zero-order valence-electron chi connectivity index (χ0n) is 12.8. The Morgan fingerprint density at radius 2 is 1.81 bits per heavy atom. The highest BCUT2D eigenvalue weighted by Gasteiger charge is 2.65. The van der Waals surface area contributed by atoms with Crippen LogP contribution in [0.5, 0.6) is 0 Å². The second kappa shape index (κ2) is 4.66. The van der Waals surface area contributed by atoms with Gasteiger partial charge in [0.1, 0.15) is 23.9 Å². The molecule has 5 atom stereocenters. The van der Waals surface area contributed by atoms with Crippen molar-refractivity contribution >= 4 is 0 Å². The third kappa shape index (κ3) is 2.48. The Morgan fingerprint density at radius 3 is 2.38 bits per heavy atom. The molecule has 0 amide bonds. The first kappa shape index (κ1) is 15.2. The van der Waals surface area contributed by atoms with Crippen molar-refractivity contribution in [3.63, 3.8) is 0 Å². The van der Waals surface area contributed by atoms with Crippen LogP contribution in [0, 0.1) is 12.3 Å². The van der Waals surface area contributed by atoms with E-state index in [1.807, 2.05) is 13.8 Å². The normalized spacial score (nSPS) is 47.2. The predicted octanol–water partition coefficient (Wildman–Crippen LogP) is 0.769. The highest BCUT2D eigenvalue weighted by Crippen LogP contribution is 2.47. The van der Waals surface area contributed by atoms with Crippen molar-refractivity contribution in [1.29, 1.82) is 0 Å². The van der Waals surface area contributed by atoms with Gasteiger partial charge in [-0.2, -0.15) is 0 Å². The van der Waals surface area contributed by atoms with Gasteiger partial charge in [0, 0.05) is 6.42 Å². The second-order valence-corrected chi connectivity index (χ2v) is 6.72. The standard InChI is InChI=1S/C15H22O6/c1-6-7-15(16)10(9-8-17-13(2,3)19-9)18-12-11(15)20-14(4,5)21-12/h1,9-12,16H,7-8H2,2-5H3/t9-,10-,11+,12-,15-/m1/s1. The van der Waals surface area contributed by atoms with E-state index in [4.69, 9.17) is 30.1 Å². The van der Waals surface area contributed by atoms with Crippen LogP contribution in [0.3, 0.4) is 0 Å². The van der Waals surface area contributed by atoms with Gasteiger partial charge in [0.25, 0.3) is 0 Å². The summed E-state index contributed by atoms with van der Waals surface area (Å²) >= 11 is 0. The minimum absolute atomic E-state index is 0.0958. The van der Waals surface area contributed by atoms with E-state index in [2.05, 4.69) is 5.92 Å². The minimum Gasteiger partial charge on any atom is -0.383 e. The van der Waals surface area contributed by atoms with Crippen molar-refractivity contribution < 1.29 is 28.8 Å². The van der Waals surface area contributed by atoms with E-state index in [-0.39, 0.29) is 6.42 Å². The van der Waals surface area contributed by atoms with E-state index < -0.39 is 41.8 Å². The molecule has 0 aromatic heterocycles. The quantitative estimate of drug-likeness (QED) is 0.760. The lowest BCUT2D eigenvalue weighted by Crippen LogP contribution is -2.53. The van der Waals surface area contributed by atoms with Gasteiger partial charge in [0.2, 0.25) is 0 Å². The van der Waals surface area contributed by atoms with Crippen LogP contribution in [0.2, 0.25) is 0 Å². The maximum atomic E-state index is 11.1. The van der Waals surface area contributed by atoms with Crippen LogP contribution in [0.4, 0.5) is 0 Å². The van der Waals surface area contributed by atoms with Crippen molar-refractivity contribution in [3.05, 3.63) is 0 Å². The number of terminal acetylenes is 1. The molecule has 0 unspecified atom stereocenters. The summed E-state index contributed by atoms with van der Waals surface area (Å²) in [5.41, 5.74) is -1.36. The summed E-state index contributed by atoms with van der Waals surface area (Å²) in [7, 11) is 0. The van der Waals surface area contributed by atoms with E-state index in [0.29, 0.717) is 6.61 Å². The van der Waals surface area contributed by atoms with Gasteiger partial charge in [-0.15, -0.1) is 12.3 Å². The summed E-state index contributed by atoms with van der Waals surface area (Å²) in [5.74, 6) is 0.987. The zero-order valence-corrected chi connectivity index (χ0v) is 12.8. The first-order valence-corrected chi connectivity index (χ1v) is 7.16. The molecule has 0 spiro atoms. The van der Waals surface area contributed by atoms with Crippen LogP contribution in [0.15, 0.2) is 0 Å². The fourth-order valence-corrected chi connectivity index (χ4v) is 3.23. The summed E-state index contributed by atoms with van der Waals surface area (Å²) < 4.78 is 28.7. The Kier molecular flexibility index (Phi) is 3.38. The van der Waals surface area contributed by atoms with E-state index in [9.17, 15) is 5.11 Å². The number of fused-ring (bicyclic) bond motifs is 1. The summed E-state index contributed by atoms with van der Waals surface area (Å²) in [4.78, 5) is 0. The summed E-state index contributed by atoms with van der Waals surface area (Å²) in [6, 6.07) is 0. The number of ether oxygens (including phenoxy) is 5. The zero-order chi connectivity index (χ0) is 15.5. The summed E-state index contributed by atoms with van der Waals surface area (Å²) in [5, 5.41) is 11.1. The molecule has 21 heavy (non-hydrogen) atoms. The van der Waals surface area contributed by atoms with E-state index in [1.165, 1.54) is 0 Å². The van der Waals surface area contributed by atoms with Crippen molar-refractivity contribution in [2.24, 2.45) is 0 Å². The number of rotatable bonds is 2. The Morgan fingerprint density at radius 1 is 1.10 bits per heavy atom. The summed E-state index contributed by atoms with van der Waals surface area (Å²) in [6.45, 7) is 7.52. The average molecular weight is 298 g/mol. The number of hydrogen-bond acceptors (Lipinski definition) is 6. The Balaban J connectivity index is 1.84. The topological polar surface area (TPSA) is 66.4 Å². The Labute approximate surface area is 124 Å². The maximum absolute atomic E-state index is 11.1. The fraction of sp³-hybridized carbons (Fsp3) is 0.867. The molecule has 3 rings (SSSR count). The van der Waals surface area contributed by atoms with E-state index in [0.717, 1.165) is 0 Å². The van der Waals surface area contributed by atoms with Crippen LogP contribution < -0.4 is 0 Å². The Bertz CT molecular complexity index is 467. The molecule has 3 saturated heterocycles. The third-order valence-electron chi connectivity index (χ3n) is 4.08. The van der Waals surface area contributed by atoms with Crippen LogP contribution in [-0.4, -0.2) is 53.5 Å². The monoisotopic (exact) mass is 298 g/mol. The summed E-state index contributed by atoms with van der Waals surface area (Å²) in [6.07, 6.45) is 3.16. The molecule has 0 bridgehead atoms. The highest BCUT2D eigenvalue weighted by molar-refractivity contribution is 5.13. The maximum Gasteiger partial charge on any atom is 0.190 e. The molecule has 3 aliphatic rings. The molecule has 0 aromatic rings. The predicted molar refractivity (Wildman–Crippen MR) is 72.0 cm³/mol. The molecular formula is C15H22O6. The van der Waals surface area contributed by atoms with E-state index in [1.54, 1.807) is 13.8 Å².